The summed E-state index contributed by atoms with van der Waals surface area (Å²) in [4.78, 5) is 37.0. The molecule has 3 rings (SSSR count). The molecule has 0 aromatic heterocycles. The number of ether oxygens (including phenoxy) is 1. The van der Waals surface area contributed by atoms with E-state index in [1.807, 2.05) is 0 Å². The summed E-state index contributed by atoms with van der Waals surface area (Å²) < 4.78 is 5.38. The summed E-state index contributed by atoms with van der Waals surface area (Å²) in [6.45, 7) is 1.31. The van der Waals surface area contributed by atoms with Crippen molar-refractivity contribution in [2.24, 2.45) is 17.1 Å². The van der Waals surface area contributed by atoms with Crippen molar-refractivity contribution in [1.82, 2.24) is 4.90 Å². The lowest BCUT2D eigenvalue weighted by Gasteiger charge is -2.33. The van der Waals surface area contributed by atoms with Gasteiger partial charge in [-0.1, -0.05) is 0 Å². The number of hydrogen-bond donors (Lipinski definition) is 2. The lowest BCUT2D eigenvalue weighted by molar-refractivity contribution is -0.157. The van der Waals surface area contributed by atoms with E-state index in [-0.39, 0.29) is 18.4 Å². The third kappa shape index (κ3) is 2.57. The number of aliphatic carboxylic acids is 1. The summed E-state index contributed by atoms with van der Waals surface area (Å²) in [6, 6.07) is 6.06. The highest BCUT2D eigenvalue weighted by atomic mass is 16.5. The summed E-state index contributed by atoms with van der Waals surface area (Å²) in [5.41, 5.74) is 5.00. The van der Waals surface area contributed by atoms with E-state index in [0.717, 1.165) is 0 Å². The molecule has 1 aromatic rings. The minimum absolute atomic E-state index is 0.187. The first kappa shape index (κ1) is 15.5. The highest BCUT2D eigenvalue weighted by molar-refractivity contribution is 5.97. The van der Waals surface area contributed by atoms with Crippen LogP contribution in [0.15, 0.2) is 24.3 Å². The first-order valence-corrected chi connectivity index (χ1v) is 7.44. The Morgan fingerprint density at radius 1 is 1.22 bits per heavy atom. The van der Waals surface area contributed by atoms with Crippen LogP contribution in [0.3, 0.4) is 0 Å². The monoisotopic (exact) mass is 318 g/mol. The molecule has 3 N–H and O–H groups in total. The Balaban J connectivity index is 1.81. The maximum absolute atomic E-state index is 12.6. The summed E-state index contributed by atoms with van der Waals surface area (Å²) in [7, 11) is 0. The average Bonchev–Trinajstić information content (AvgIpc) is 2.95. The predicted molar refractivity (Wildman–Crippen MR) is 79.9 cm³/mol. The van der Waals surface area contributed by atoms with Crippen molar-refractivity contribution in [2.75, 3.05) is 26.3 Å². The number of carbonyl (C=O) groups is 3. The van der Waals surface area contributed by atoms with Gasteiger partial charge >= 0.3 is 5.97 Å². The smallest absolute Gasteiger partial charge is 0.311 e. The average molecular weight is 318 g/mol. The van der Waals surface area contributed by atoms with Crippen LogP contribution in [0.5, 0.6) is 0 Å². The molecule has 0 spiro atoms. The molecule has 2 heterocycles. The Morgan fingerprint density at radius 3 is 2.43 bits per heavy atom. The zero-order valence-electron chi connectivity index (χ0n) is 12.5. The van der Waals surface area contributed by atoms with Gasteiger partial charge in [0.1, 0.15) is 0 Å². The number of fused-ring (bicyclic) bond motifs is 1. The number of likely N-dealkylation sites (tertiary alicyclic amines) is 1. The molecule has 0 saturated carbocycles. The van der Waals surface area contributed by atoms with Crippen molar-refractivity contribution in [3.63, 3.8) is 0 Å². The van der Waals surface area contributed by atoms with E-state index in [0.29, 0.717) is 37.3 Å². The molecular weight excluding hydrogens is 300 g/mol. The van der Waals surface area contributed by atoms with Crippen LogP contribution in [-0.4, -0.2) is 54.1 Å². The Kier molecular flexibility index (Phi) is 3.81. The van der Waals surface area contributed by atoms with Gasteiger partial charge in [0.2, 0.25) is 5.91 Å². The molecule has 0 bridgehead atoms. The van der Waals surface area contributed by atoms with E-state index in [1.165, 1.54) is 24.3 Å². The molecule has 2 aliphatic rings. The summed E-state index contributed by atoms with van der Waals surface area (Å²) in [5.74, 6) is -1.86. The molecule has 2 atom stereocenters. The topological polar surface area (TPSA) is 110 Å². The Bertz CT molecular complexity index is 657. The minimum atomic E-state index is -0.916. The fourth-order valence-corrected chi connectivity index (χ4v) is 3.41. The largest absolute Gasteiger partial charge is 0.481 e. The number of carbonyl (C=O) groups excluding carboxylic acids is 2. The minimum Gasteiger partial charge on any atom is -0.481 e. The normalized spacial score (nSPS) is 26.6. The summed E-state index contributed by atoms with van der Waals surface area (Å²) >= 11 is 0. The molecule has 2 amide bonds. The standard InChI is InChI=1S/C16H18N2O5/c17-13(19)10-1-3-11(4-2-10)14(20)18-7-12-8-23-6-5-16(12,9-18)15(21)22/h1-4,12H,5-9H2,(H2,17,19)(H,21,22)/t12-,16+/m0/s1. The van der Waals surface area contributed by atoms with Crippen molar-refractivity contribution in [3.05, 3.63) is 35.4 Å². The highest BCUT2D eigenvalue weighted by Crippen LogP contribution is 2.42. The molecule has 122 valence electrons. The van der Waals surface area contributed by atoms with Crippen LogP contribution in [-0.2, 0) is 9.53 Å². The molecule has 7 nitrogen and oxygen atoms in total. The van der Waals surface area contributed by atoms with Gasteiger partial charge in [0.05, 0.1) is 12.0 Å². The van der Waals surface area contributed by atoms with Gasteiger partial charge in [0, 0.05) is 36.7 Å². The second-order valence-corrected chi connectivity index (χ2v) is 6.11. The fraction of sp³-hybridized carbons (Fsp3) is 0.438. The van der Waals surface area contributed by atoms with Gasteiger partial charge in [-0.2, -0.15) is 0 Å². The van der Waals surface area contributed by atoms with Crippen LogP contribution in [0.1, 0.15) is 27.1 Å². The maximum atomic E-state index is 12.6. The van der Waals surface area contributed by atoms with Crippen LogP contribution in [0, 0.1) is 11.3 Å². The van der Waals surface area contributed by atoms with Gasteiger partial charge in [0.15, 0.2) is 0 Å². The van der Waals surface area contributed by atoms with E-state index in [9.17, 15) is 19.5 Å². The van der Waals surface area contributed by atoms with Crippen molar-refractivity contribution >= 4 is 17.8 Å². The fourth-order valence-electron chi connectivity index (χ4n) is 3.41. The third-order valence-corrected chi connectivity index (χ3v) is 4.84. The van der Waals surface area contributed by atoms with E-state index in [2.05, 4.69) is 0 Å². The Labute approximate surface area is 133 Å². The predicted octanol–water partition coefficient (Wildman–Crippen LogP) is 0.349. The number of nitrogens with zero attached hydrogens (tertiary/aromatic N) is 1. The molecule has 0 aliphatic carbocycles. The first-order chi connectivity index (χ1) is 10.9. The molecule has 0 radical (unpaired) electrons. The number of amides is 2. The number of rotatable bonds is 3. The SMILES string of the molecule is NC(=O)c1ccc(C(=O)N2C[C@H]3COCC[C@@]3(C(=O)O)C2)cc1. The molecule has 23 heavy (non-hydrogen) atoms. The Morgan fingerprint density at radius 2 is 1.87 bits per heavy atom. The third-order valence-electron chi connectivity index (χ3n) is 4.84. The molecule has 2 saturated heterocycles. The first-order valence-electron chi connectivity index (χ1n) is 7.44. The second-order valence-electron chi connectivity index (χ2n) is 6.11. The van der Waals surface area contributed by atoms with Crippen LogP contribution < -0.4 is 5.73 Å². The van der Waals surface area contributed by atoms with Gasteiger partial charge in [0.25, 0.3) is 5.91 Å². The lowest BCUT2D eigenvalue weighted by atomic mass is 9.74. The molecule has 0 unspecified atom stereocenters. The number of primary amides is 1. The molecule has 1 aromatic carbocycles. The zero-order chi connectivity index (χ0) is 16.6. The molecule has 2 fully saturated rings. The van der Waals surface area contributed by atoms with Gasteiger partial charge in [-0.15, -0.1) is 0 Å². The number of nitrogens with two attached hydrogens (primary N) is 1. The Hall–Kier alpha value is -2.41. The van der Waals surface area contributed by atoms with E-state index < -0.39 is 17.3 Å². The van der Waals surface area contributed by atoms with Crippen LogP contribution >= 0.6 is 0 Å². The van der Waals surface area contributed by atoms with Crippen LogP contribution in [0.4, 0.5) is 0 Å². The second kappa shape index (κ2) is 5.66. The number of hydrogen-bond acceptors (Lipinski definition) is 4. The molecule has 7 heteroatoms. The summed E-state index contributed by atoms with van der Waals surface area (Å²) in [6.07, 6.45) is 0.414. The molecular formula is C16H18N2O5. The van der Waals surface area contributed by atoms with E-state index in [1.54, 1.807) is 4.90 Å². The van der Waals surface area contributed by atoms with Gasteiger partial charge in [-0.05, 0) is 30.7 Å². The zero-order valence-corrected chi connectivity index (χ0v) is 12.5. The lowest BCUT2D eigenvalue weighted by Crippen LogP contribution is -2.45. The van der Waals surface area contributed by atoms with Crippen molar-refractivity contribution < 1.29 is 24.2 Å². The van der Waals surface area contributed by atoms with Crippen LogP contribution in [0.2, 0.25) is 0 Å². The van der Waals surface area contributed by atoms with Gasteiger partial charge in [-0.25, -0.2) is 0 Å². The van der Waals surface area contributed by atoms with Crippen molar-refractivity contribution in [1.29, 1.82) is 0 Å². The number of carboxylic acid groups (broad SMARTS) is 1. The summed E-state index contributed by atoms with van der Waals surface area (Å²) in [5, 5.41) is 9.62. The van der Waals surface area contributed by atoms with Crippen molar-refractivity contribution in [3.8, 4) is 0 Å². The maximum Gasteiger partial charge on any atom is 0.311 e. The van der Waals surface area contributed by atoms with Crippen molar-refractivity contribution in [2.45, 2.75) is 6.42 Å². The number of carboxylic acids is 1. The van der Waals surface area contributed by atoms with E-state index in [4.69, 9.17) is 10.5 Å². The quantitative estimate of drug-likeness (QED) is 0.835. The van der Waals surface area contributed by atoms with Gasteiger partial charge in [-0.3, -0.25) is 14.4 Å². The van der Waals surface area contributed by atoms with Gasteiger partial charge < -0.3 is 20.5 Å². The highest BCUT2D eigenvalue weighted by Gasteiger charge is 2.54. The van der Waals surface area contributed by atoms with Crippen LogP contribution in [0.25, 0.3) is 0 Å². The van der Waals surface area contributed by atoms with E-state index >= 15 is 0 Å². The molecule has 2 aliphatic heterocycles. The number of benzene rings is 1.